The maximum absolute atomic E-state index is 13.8. The molecule has 0 unspecified atom stereocenters. The Kier molecular flexibility index (Phi) is 8.91. The molecular weight excluding hydrogens is 424 g/mol. The molecule has 2 amide bonds. The number of piperidine rings is 1. The summed E-state index contributed by atoms with van der Waals surface area (Å²) in [6, 6.07) is 8.31. The summed E-state index contributed by atoms with van der Waals surface area (Å²) in [7, 11) is 0. The summed E-state index contributed by atoms with van der Waals surface area (Å²) in [5, 5.41) is 0. The van der Waals surface area contributed by atoms with E-state index in [4.69, 9.17) is 4.74 Å². The van der Waals surface area contributed by atoms with E-state index in [-0.39, 0.29) is 11.3 Å². The summed E-state index contributed by atoms with van der Waals surface area (Å²) in [6.45, 7) is 5.37. The number of fused-ring (bicyclic) bond motifs is 1. The average molecular weight is 469 g/mol. The van der Waals surface area contributed by atoms with Gasteiger partial charge in [0.15, 0.2) is 0 Å². The van der Waals surface area contributed by atoms with Gasteiger partial charge >= 0.3 is 0 Å². The van der Waals surface area contributed by atoms with Gasteiger partial charge in [0.25, 0.3) is 0 Å². The highest BCUT2D eigenvalue weighted by Gasteiger charge is 2.43. The number of carbonyl (C=O) groups is 2. The van der Waals surface area contributed by atoms with E-state index in [0.29, 0.717) is 32.0 Å². The normalized spacial score (nSPS) is 22.4. The second-order valence-electron chi connectivity index (χ2n) is 10.8. The van der Waals surface area contributed by atoms with Crippen molar-refractivity contribution in [1.29, 1.82) is 0 Å². The number of ether oxygens (including phenoxy) is 1. The second-order valence-corrected chi connectivity index (χ2v) is 10.8. The molecule has 34 heavy (non-hydrogen) atoms. The van der Waals surface area contributed by atoms with E-state index in [1.807, 2.05) is 21.9 Å². The van der Waals surface area contributed by atoms with Crippen LogP contribution < -0.4 is 4.74 Å². The smallest absolute Gasteiger partial charge is 0.229 e. The van der Waals surface area contributed by atoms with Gasteiger partial charge in [-0.15, -0.1) is 0 Å². The molecule has 0 bridgehead atoms. The maximum Gasteiger partial charge on any atom is 0.229 e. The molecule has 0 aromatic heterocycles. The molecule has 1 saturated heterocycles. The Bertz CT molecular complexity index is 809. The molecule has 1 aromatic rings. The Hall–Kier alpha value is -2.04. The zero-order chi connectivity index (χ0) is 23.8. The third kappa shape index (κ3) is 6.14. The zero-order valence-corrected chi connectivity index (χ0v) is 21.2. The largest absolute Gasteiger partial charge is 0.491 e. The van der Waals surface area contributed by atoms with Crippen molar-refractivity contribution in [3.05, 3.63) is 29.8 Å². The van der Waals surface area contributed by atoms with Gasteiger partial charge in [-0.3, -0.25) is 9.59 Å². The Morgan fingerprint density at radius 2 is 1.76 bits per heavy atom. The maximum atomic E-state index is 13.8. The highest BCUT2D eigenvalue weighted by atomic mass is 16.5. The van der Waals surface area contributed by atoms with Crippen molar-refractivity contribution in [1.82, 2.24) is 9.80 Å². The quantitative estimate of drug-likeness (QED) is 0.577. The topological polar surface area (TPSA) is 49.9 Å². The van der Waals surface area contributed by atoms with Crippen LogP contribution in [-0.2, 0) is 16.0 Å². The molecule has 1 aliphatic carbocycles. The van der Waals surface area contributed by atoms with Crippen LogP contribution in [0.5, 0.6) is 5.75 Å². The van der Waals surface area contributed by atoms with Gasteiger partial charge in [-0.25, -0.2) is 0 Å². The second kappa shape index (κ2) is 12.1. The van der Waals surface area contributed by atoms with Gasteiger partial charge in [-0.2, -0.15) is 0 Å². The number of para-hydroxylation sites is 1. The first-order valence-electron chi connectivity index (χ1n) is 13.9. The minimum Gasteiger partial charge on any atom is -0.491 e. The van der Waals surface area contributed by atoms with E-state index >= 15 is 0 Å². The van der Waals surface area contributed by atoms with Crippen molar-refractivity contribution >= 4 is 11.8 Å². The third-order valence-electron chi connectivity index (χ3n) is 8.63. The molecule has 2 heterocycles. The van der Waals surface area contributed by atoms with E-state index in [9.17, 15) is 9.59 Å². The molecule has 0 N–H and O–H groups in total. The molecule has 3 aliphatic rings. The minimum absolute atomic E-state index is 0.279. The first kappa shape index (κ1) is 25.1. The van der Waals surface area contributed by atoms with Crippen LogP contribution in [0.15, 0.2) is 24.3 Å². The summed E-state index contributed by atoms with van der Waals surface area (Å²) < 4.78 is 6.10. The first-order chi connectivity index (χ1) is 16.6. The first-order valence-corrected chi connectivity index (χ1v) is 13.9. The van der Waals surface area contributed by atoms with Crippen molar-refractivity contribution in [2.75, 3.05) is 32.8 Å². The number of aryl methyl sites for hydroxylation is 1. The lowest BCUT2D eigenvalue weighted by atomic mass is 9.73. The lowest BCUT2D eigenvalue weighted by Gasteiger charge is -2.43. The van der Waals surface area contributed by atoms with E-state index in [1.165, 1.54) is 37.7 Å². The van der Waals surface area contributed by atoms with Crippen molar-refractivity contribution in [3.8, 4) is 5.75 Å². The predicted molar refractivity (Wildman–Crippen MR) is 136 cm³/mol. The van der Waals surface area contributed by atoms with E-state index in [1.54, 1.807) is 0 Å². The number of likely N-dealkylation sites (N-methyl/N-ethyl adjacent to an activating group) is 1. The summed E-state index contributed by atoms with van der Waals surface area (Å²) in [4.78, 5) is 30.8. The molecule has 2 fully saturated rings. The molecule has 188 valence electrons. The van der Waals surface area contributed by atoms with Gasteiger partial charge in [0.1, 0.15) is 12.4 Å². The molecule has 1 aromatic carbocycles. The summed E-state index contributed by atoms with van der Waals surface area (Å²) in [6.07, 6.45) is 14.0. The van der Waals surface area contributed by atoms with E-state index in [2.05, 4.69) is 19.1 Å². The van der Waals surface area contributed by atoms with Gasteiger partial charge in [0, 0.05) is 26.1 Å². The van der Waals surface area contributed by atoms with Crippen LogP contribution in [0.2, 0.25) is 0 Å². The Balaban J connectivity index is 1.37. The van der Waals surface area contributed by atoms with Gasteiger partial charge < -0.3 is 14.5 Å². The molecule has 1 saturated carbocycles. The number of rotatable bonds is 4. The number of hydrogen-bond donors (Lipinski definition) is 0. The molecule has 1 spiro atoms. The lowest BCUT2D eigenvalue weighted by molar-refractivity contribution is -0.149. The average Bonchev–Trinajstić information content (AvgIpc) is 2.88. The van der Waals surface area contributed by atoms with Gasteiger partial charge in [-0.1, -0.05) is 56.7 Å². The Labute approximate surface area is 206 Å². The molecule has 0 atom stereocenters. The highest BCUT2D eigenvalue weighted by molar-refractivity contribution is 5.83. The zero-order valence-electron chi connectivity index (χ0n) is 21.2. The SMILES string of the molecule is CCN1CCOc2ccccc2CCCCC2(CCN(C(=O)CCC3CCCCC3)CC2)C1=O. The minimum atomic E-state index is -0.325. The summed E-state index contributed by atoms with van der Waals surface area (Å²) in [5.74, 6) is 2.29. The van der Waals surface area contributed by atoms with E-state index < -0.39 is 0 Å². The lowest BCUT2D eigenvalue weighted by Crippen LogP contribution is -2.52. The van der Waals surface area contributed by atoms with E-state index in [0.717, 1.165) is 69.7 Å². The fourth-order valence-electron chi connectivity index (χ4n) is 6.35. The fraction of sp³-hybridized carbons (Fsp3) is 0.724. The highest BCUT2D eigenvalue weighted by Crippen LogP contribution is 2.40. The van der Waals surface area contributed by atoms with Gasteiger partial charge in [-0.05, 0) is 63.0 Å². The molecule has 0 radical (unpaired) electrons. The van der Waals surface area contributed by atoms with Crippen molar-refractivity contribution in [2.45, 2.75) is 90.4 Å². The van der Waals surface area contributed by atoms with Crippen LogP contribution in [0.4, 0.5) is 0 Å². The fourth-order valence-corrected chi connectivity index (χ4v) is 6.35. The predicted octanol–water partition coefficient (Wildman–Crippen LogP) is 5.61. The van der Waals surface area contributed by atoms with Crippen molar-refractivity contribution < 1.29 is 14.3 Å². The Morgan fingerprint density at radius 1 is 1.00 bits per heavy atom. The summed E-state index contributed by atoms with van der Waals surface area (Å²) >= 11 is 0. The van der Waals surface area contributed by atoms with Crippen LogP contribution >= 0.6 is 0 Å². The molecule has 5 nitrogen and oxygen atoms in total. The third-order valence-corrected chi connectivity index (χ3v) is 8.63. The standard InChI is InChI=1S/C29H44N2O3/c1-2-30-22-23-34-26-14-7-6-12-25(26)13-8-9-17-29(28(30)33)18-20-31(21-19-29)27(32)16-15-24-10-4-3-5-11-24/h6-7,12,14,24H,2-5,8-11,13,15-23H2,1H3. The van der Waals surface area contributed by atoms with Crippen LogP contribution in [0.25, 0.3) is 0 Å². The molecular formula is C29H44N2O3. The van der Waals surface area contributed by atoms with Crippen molar-refractivity contribution in [2.24, 2.45) is 11.3 Å². The van der Waals surface area contributed by atoms with Gasteiger partial charge in [0.2, 0.25) is 11.8 Å². The van der Waals surface area contributed by atoms with Gasteiger partial charge in [0.05, 0.1) is 12.0 Å². The molecule has 4 rings (SSSR count). The van der Waals surface area contributed by atoms with Crippen molar-refractivity contribution in [3.63, 3.8) is 0 Å². The molecule has 5 heteroatoms. The number of benzene rings is 1. The van der Waals surface area contributed by atoms with Crippen LogP contribution in [0.1, 0.15) is 89.5 Å². The van der Waals surface area contributed by atoms with Crippen LogP contribution in [-0.4, -0.2) is 54.4 Å². The van der Waals surface area contributed by atoms with Crippen LogP contribution in [0.3, 0.4) is 0 Å². The van der Waals surface area contributed by atoms with Crippen LogP contribution in [0, 0.1) is 11.3 Å². The number of amides is 2. The molecule has 2 aliphatic heterocycles. The number of hydrogen-bond acceptors (Lipinski definition) is 3. The summed E-state index contributed by atoms with van der Waals surface area (Å²) in [5.41, 5.74) is 0.944. The Morgan fingerprint density at radius 3 is 2.53 bits per heavy atom. The monoisotopic (exact) mass is 468 g/mol. The number of likely N-dealkylation sites (tertiary alicyclic amines) is 1. The number of carbonyl (C=O) groups excluding carboxylic acids is 2. The number of nitrogens with zero attached hydrogens (tertiary/aromatic N) is 2.